The summed E-state index contributed by atoms with van der Waals surface area (Å²) in [7, 11) is 0. The van der Waals surface area contributed by atoms with Gasteiger partial charge in [0.25, 0.3) is 0 Å². The Morgan fingerprint density at radius 3 is 2.53 bits per heavy atom. The highest BCUT2D eigenvalue weighted by molar-refractivity contribution is 5.39. The fourth-order valence-corrected chi connectivity index (χ4v) is 1.78. The molecule has 0 aromatic carbocycles. The van der Waals surface area contributed by atoms with Crippen LogP contribution < -0.4 is 10.2 Å². The third kappa shape index (κ3) is 4.69. The highest BCUT2D eigenvalue weighted by atomic mass is 15.2. The monoisotopic (exact) mass is 236 g/mol. The number of nitrogens with zero attached hydrogens (tertiary/aromatic N) is 3. The molecule has 0 aliphatic carbocycles. The lowest BCUT2D eigenvalue weighted by Crippen LogP contribution is -2.35. The Balaban J connectivity index is 2.65. The van der Waals surface area contributed by atoms with Crippen molar-refractivity contribution in [2.75, 3.05) is 24.5 Å². The van der Waals surface area contributed by atoms with Crippen LogP contribution in [0.4, 0.5) is 5.82 Å². The van der Waals surface area contributed by atoms with Crippen LogP contribution in [0.25, 0.3) is 0 Å². The lowest BCUT2D eigenvalue weighted by Gasteiger charge is -2.23. The normalized spacial score (nSPS) is 10.9. The molecular weight excluding hydrogens is 212 g/mol. The standard InChI is InChI=1S/C13H24N4/c1-6-17(8-7-14-10(2)3)13-9-11(4)15-12(5)16-13/h9-10,14H,6-8H2,1-5H3. The summed E-state index contributed by atoms with van der Waals surface area (Å²) in [6, 6.07) is 2.58. The first-order chi connectivity index (χ1) is 8.02. The smallest absolute Gasteiger partial charge is 0.132 e. The third-order valence-electron chi connectivity index (χ3n) is 2.59. The molecule has 4 heteroatoms. The van der Waals surface area contributed by atoms with Crippen LogP contribution in [-0.4, -0.2) is 35.6 Å². The summed E-state index contributed by atoms with van der Waals surface area (Å²) in [5, 5.41) is 3.42. The van der Waals surface area contributed by atoms with Gasteiger partial charge in [0.15, 0.2) is 0 Å². The molecule has 0 saturated heterocycles. The minimum Gasteiger partial charge on any atom is -0.356 e. The molecule has 0 amide bonds. The molecular formula is C13H24N4. The summed E-state index contributed by atoms with van der Waals surface area (Å²) in [4.78, 5) is 11.1. The van der Waals surface area contributed by atoms with Crippen molar-refractivity contribution in [3.05, 3.63) is 17.6 Å². The second kappa shape index (κ2) is 6.55. The first-order valence-electron chi connectivity index (χ1n) is 6.33. The zero-order chi connectivity index (χ0) is 12.8. The van der Waals surface area contributed by atoms with Gasteiger partial charge in [-0.05, 0) is 20.8 Å². The van der Waals surface area contributed by atoms with Crippen LogP contribution in [0, 0.1) is 13.8 Å². The van der Waals surface area contributed by atoms with Gasteiger partial charge in [0.2, 0.25) is 0 Å². The second-order valence-electron chi connectivity index (χ2n) is 4.60. The highest BCUT2D eigenvalue weighted by Gasteiger charge is 2.07. The summed E-state index contributed by atoms with van der Waals surface area (Å²) in [6.45, 7) is 13.4. The van der Waals surface area contributed by atoms with Crippen molar-refractivity contribution in [3.8, 4) is 0 Å². The van der Waals surface area contributed by atoms with Crippen LogP contribution in [-0.2, 0) is 0 Å². The van der Waals surface area contributed by atoms with Gasteiger partial charge in [0.1, 0.15) is 11.6 Å². The van der Waals surface area contributed by atoms with Crippen LogP contribution in [0.2, 0.25) is 0 Å². The number of aryl methyl sites for hydroxylation is 2. The van der Waals surface area contributed by atoms with Crippen molar-refractivity contribution < 1.29 is 0 Å². The van der Waals surface area contributed by atoms with Crippen molar-refractivity contribution in [2.45, 2.75) is 40.7 Å². The first kappa shape index (κ1) is 13.9. The van der Waals surface area contributed by atoms with Crippen molar-refractivity contribution >= 4 is 5.82 Å². The number of anilines is 1. The highest BCUT2D eigenvalue weighted by Crippen LogP contribution is 2.11. The van der Waals surface area contributed by atoms with E-state index in [0.717, 1.165) is 37.0 Å². The molecule has 1 heterocycles. The van der Waals surface area contributed by atoms with E-state index in [9.17, 15) is 0 Å². The minimum absolute atomic E-state index is 0.530. The number of rotatable bonds is 6. The Morgan fingerprint density at radius 2 is 2.00 bits per heavy atom. The minimum atomic E-state index is 0.530. The van der Waals surface area contributed by atoms with E-state index in [-0.39, 0.29) is 0 Å². The van der Waals surface area contributed by atoms with E-state index in [1.807, 2.05) is 19.9 Å². The molecule has 0 aliphatic heterocycles. The van der Waals surface area contributed by atoms with Gasteiger partial charge in [0.05, 0.1) is 0 Å². The van der Waals surface area contributed by atoms with E-state index in [0.29, 0.717) is 6.04 Å². The zero-order valence-electron chi connectivity index (χ0n) is 11.6. The Labute approximate surface area is 104 Å². The Morgan fingerprint density at radius 1 is 1.29 bits per heavy atom. The predicted molar refractivity (Wildman–Crippen MR) is 72.5 cm³/mol. The van der Waals surface area contributed by atoms with E-state index in [1.165, 1.54) is 0 Å². The zero-order valence-corrected chi connectivity index (χ0v) is 11.6. The molecule has 0 saturated carbocycles. The van der Waals surface area contributed by atoms with Crippen LogP contribution in [0.3, 0.4) is 0 Å². The topological polar surface area (TPSA) is 41.0 Å². The molecule has 1 aromatic heterocycles. The van der Waals surface area contributed by atoms with E-state index in [2.05, 4.69) is 41.0 Å². The first-order valence-corrected chi connectivity index (χ1v) is 6.33. The molecule has 1 aromatic rings. The van der Waals surface area contributed by atoms with Crippen molar-refractivity contribution in [2.24, 2.45) is 0 Å². The molecule has 1 N–H and O–H groups in total. The summed E-state index contributed by atoms with van der Waals surface area (Å²) in [5.41, 5.74) is 1.03. The largest absolute Gasteiger partial charge is 0.356 e. The molecule has 0 bridgehead atoms. The van der Waals surface area contributed by atoms with E-state index in [1.54, 1.807) is 0 Å². The van der Waals surface area contributed by atoms with Gasteiger partial charge in [-0.25, -0.2) is 9.97 Å². The van der Waals surface area contributed by atoms with Gasteiger partial charge in [-0.2, -0.15) is 0 Å². The van der Waals surface area contributed by atoms with Crippen molar-refractivity contribution in [3.63, 3.8) is 0 Å². The number of nitrogens with one attached hydrogen (secondary N) is 1. The molecule has 0 aliphatic rings. The Hall–Kier alpha value is -1.16. The van der Waals surface area contributed by atoms with E-state index >= 15 is 0 Å². The lowest BCUT2D eigenvalue weighted by atomic mass is 10.3. The quantitative estimate of drug-likeness (QED) is 0.819. The Bertz CT molecular complexity index is 329. The maximum Gasteiger partial charge on any atom is 0.132 e. The lowest BCUT2D eigenvalue weighted by molar-refractivity contribution is 0.582. The molecule has 96 valence electrons. The van der Waals surface area contributed by atoms with Gasteiger partial charge in [-0.15, -0.1) is 0 Å². The van der Waals surface area contributed by atoms with Crippen LogP contribution >= 0.6 is 0 Å². The fourth-order valence-electron chi connectivity index (χ4n) is 1.78. The maximum atomic E-state index is 4.49. The van der Waals surface area contributed by atoms with Gasteiger partial charge >= 0.3 is 0 Å². The summed E-state index contributed by atoms with van der Waals surface area (Å²) >= 11 is 0. The van der Waals surface area contributed by atoms with Gasteiger partial charge in [-0.1, -0.05) is 13.8 Å². The van der Waals surface area contributed by atoms with E-state index < -0.39 is 0 Å². The molecule has 17 heavy (non-hydrogen) atoms. The molecule has 0 spiro atoms. The van der Waals surface area contributed by atoms with Crippen molar-refractivity contribution in [1.82, 2.24) is 15.3 Å². The molecule has 0 atom stereocenters. The van der Waals surface area contributed by atoms with Gasteiger partial charge in [-0.3, -0.25) is 0 Å². The van der Waals surface area contributed by atoms with Gasteiger partial charge < -0.3 is 10.2 Å². The summed E-state index contributed by atoms with van der Waals surface area (Å²) < 4.78 is 0. The fraction of sp³-hybridized carbons (Fsp3) is 0.692. The van der Waals surface area contributed by atoms with Gasteiger partial charge in [0, 0.05) is 37.4 Å². The molecule has 0 radical (unpaired) electrons. The van der Waals surface area contributed by atoms with Crippen LogP contribution in [0.15, 0.2) is 6.07 Å². The molecule has 4 nitrogen and oxygen atoms in total. The molecule has 1 rings (SSSR count). The van der Waals surface area contributed by atoms with E-state index in [4.69, 9.17) is 0 Å². The second-order valence-corrected chi connectivity index (χ2v) is 4.60. The number of hydrogen-bond acceptors (Lipinski definition) is 4. The number of aromatic nitrogens is 2. The Kier molecular flexibility index (Phi) is 5.35. The number of hydrogen-bond donors (Lipinski definition) is 1. The third-order valence-corrected chi connectivity index (χ3v) is 2.59. The average molecular weight is 236 g/mol. The maximum absolute atomic E-state index is 4.49. The van der Waals surface area contributed by atoms with Crippen LogP contribution in [0.5, 0.6) is 0 Å². The average Bonchev–Trinajstić information content (AvgIpc) is 2.22. The number of likely N-dealkylation sites (N-methyl/N-ethyl adjacent to an activating group) is 1. The summed E-state index contributed by atoms with van der Waals surface area (Å²) in [6.07, 6.45) is 0. The SMILES string of the molecule is CCN(CCNC(C)C)c1cc(C)nc(C)n1. The molecule has 0 unspecified atom stereocenters. The molecule has 0 fully saturated rings. The predicted octanol–water partition coefficient (Wildman–Crippen LogP) is 1.92. The summed E-state index contributed by atoms with van der Waals surface area (Å²) in [5.74, 6) is 1.87. The van der Waals surface area contributed by atoms with Crippen molar-refractivity contribution in [1.29, 1.82) is 0 Å². The van der Waals surface area contributed by atoms with Crippen LogP contribution in [0.1, 0.15) is 32.3 Å².